The molecule has 0 N–H and O–H groups in total. The first-order chi connectivity index (χ1) is 7.92. The smallest absolute Gasteiger partial charge is 0.123 e. The Labute approximate surface area is 116 Å². The molecule has 0 saturated carbocycles. The predicted molar refractivity (Wildman–Crippen MR) is 75.3 cm³/mol. The van der Waals surface area contributed by atoms with Crippen molar-refractivity contribution in [1.82, 2.24) is 0 Å². The standard InChI is InChI=1S/C13H18BrClO2/c1-13(2,3)17-7-6-16-12-5-4-11(15)8-10(12)9-14/h4-5,8H,6-7,9H2,1-3H3. The maximum absolute atomic E-state index is 5.92. The Morgan fingerprint density at radius 1 is 1.24 bits per heavy atom. The van der Waals surface area contributed by atoms with E-state index in [0.29, 0.717) is 13.2 Å². The molecule has 0 saturated heterocycles. The van der Waals surface area contributed by atoms with Gasteiger partial charge in [-0.15, -0.1) is 0 Å². The predicted octanol–water partition coefficient (Wildman–Crippen LogP) is 4.43. The summed E-state index contributed by atoms with van der Waals surface area (Å²) in [6.07, 6.45) is 0. The fourth-order valence-corrected chi connectivity index (χ4v) is 1.93. The van der Waals surface area contributed by atoms with Gasteiger partial charge in [-0.1, -0.05) is 27.5 Å². The average Bonchev–Trinajstić information content (AvgIpc) is 2.24. The van der Waals surface area contributed by atoms with Gasteiger partial charge in [-0.25, -0.2) is 0 Å². The minimum atomic E-state index is -0.123. The van der Waals surface area contributed by atoms with E-state index in [1.54, 1.807) is 0 Å². The fourth-order valence-electron chi connectivity index (χ4n) is 1.29. The lowest BCUT2D eigenvalue weighted by molar-refractivity contribution is -0.0163. The molecule has 0 aliphatic rings. The van der Waals surface area contributed by atoms with Crippen molar-refractivity contribution in [1.29, 1.82) is 0 Å². The quantitative estimate of drug-likeness (QED) is 0.590. The van der Waals surface area contributed by atoms with E-state index in [4.69, 9.17) is 21.1 Å². The second-order valence-corrected chi connectivity index (χ2v) is 5.69. The van der Waals surface area contributed by atoms with Crippen LogP contribution in [-0.2, 0) is 10.1 Å². The molecular formula is C13H18BrClO2. The van der Waals surface area contributed by atoms with E-state index in [2.05, 4.69) is 15.9 Å². The van der Waals surface area contributed by atoms with E-state index in [9.17, 15) is 0 Å². The molecule has 0 aromatic heterocycles. The molecule has 0 heterocycles. The SMILES string of the molecule is CC(C)(C)OCCOc1ccc(Cl)cc1CBr. The topological polar surface area (TPSA) is 18.5 Å². The van der Waals surface area contributed by atoms with Crippen LogP contribution in [0.25, 0.3) is 0 Å². The van der Waals surface area contributed by atoms with Gasteiger partial charge in [0.05, 0.1) is 12.2 Å². The molecule has 0 aliphatic carbocycles. The highest BCUT2D eigenvalue weighted by molar-refractivity contribution is 9.08. The number of hydrogen-bond donors (Lipinski definition) is 0. The lowest BCUT2D eigenvalue weighted by atomic mass is 10.2. The highest BCUT2D eigenvalue weighted by Crippen LogP contribution is 2.25. The van der Waals surface area contributed by atoms with Crippen molar-refractivity contribution in [3.8, 4) is 5.75 Å². The minimum Gasteiger partial charge on any atom is -0.491 e. The van der Waals surface area contributed by atoms with Gasteiger partial charge in [0, 0.05) is 15.9 Å². The van der Waals surface area contributed by atoms with E-state index >= 15 is 0 Å². The molecule has 0 aliphatic heterocycles. The lowest BCUT2D eigenvalue weighted by Gasteiger charge is -2.19. The summed E-state index contributed by atoms with van der Waals surface area (Å²) in [5, 5.41) is 1.45. The molecule has 0 radical (unpaired) electrons. The van der Waals surface area contributed by atoms with Gasteiger partial charge in [0.15, 0.2) is 0 Å². The van der Waals surface area contributed by atoms with E-state index in [1.165, 1.54) is 0 Å². The zero-order chi connectivity index (χ0) is 12.9. The number of hydrogen-bond acceptors (Lipinski definition) is 2. The van der Waals surface area contributed by atoms with E-state index < -0.39 is 0 Å². The summed E-state index contributed by atoms with van der Waals surface area (Å²) in [6.45, 7) is 7.20. The molecule has 0 unspecified atom stereocenters. The van der Waals surface area contributed by atoms with Crippen molar-refractivity contribution >= 4 is 27.5 Å². The molecular weight excluding hydrogens is 303 g/mol. The van der Waals surface area contributed by atoms with Gasteiger partial charge >= 0.3 is 0 Å². The molecule has 0 spiro atoms. The lowest BCUT2D eigenvalue weighted by Crippen LogP contribution is -2.22. The largest absolute Gasteiger partial charge is 0.491 e. The van der Waals surface area contributed by atoms with Crippen LogP contribution < -0.4 is 4.74 Å². The van der Waals surface area contributed by atoms with E-state index in [1.807, 2.05) is 39.0 Å². The van der Waals surface area contributed by atoms with Crippen LogP contribution in [0.1, 0.15) is 26.3 Å². The summed E-state index contributed by atoms with van der Waals surface area (Å²) in [5.74, 6) is 0.851. The maximum Gasteiger partial charge on any atom is 0.123 e. The van der Waals surface area contributed by atoms with Gasteiger partial charge in [0.25, 0.3) is 0 Å². The number of alkyl halides is 1. The molecule has 0 atom stereocenters. The normalized spacial score (nSPS) is 11.6. The first kappa shape index (κ1) is 14.8. The van der Waals surface area contributed by atoms with Crippen LogP contribution in [0.2, 0.25) is 5.02 Å². The molecule has 17 heavy (non-hydrogen) atoms. The molecule has 2 nitrogen and oxygen atoms in total. The number of rotatable bonds is 5. The van der Waals surface area contributed by atoms with Crippen molar-refractivity contribution < 1.29 is 9.47 Å². The summed E-state index contributed by atoms with van der Waals surface area (Å²) >= 11 is 9.33. The molecule has 1 rings (SSSR count). The van der Waals surface area contributed by atoms with Crippen molar-refractivity contribution in [2.75, 3.05) is 13.2 Å². The van der Waals surface area contributed by atoms with Gasteiger partial charge in [-0.2, -0.15) is 0 Å². The number of ether oxygens (including phenoxy) is 2. The molecule has 1 aromatic rings. The fraction of sp³-hybridized carbons (Fsp3) is 0.538. The monoisotopic (exact) mass is 320 g/mol. The molecule has 1 aromatic carbocycles. The Balaban J connectivity index is 2.46. The van der Waals surface area contributed by atoms with Gasteiger partial charge in [-0.3, -0.25) is 0 Å². The Kier molecular flexibility index (Phi) is 5.77. The zero-order valence-electron chi connectivity index (χ0n) is 10.4. The van der Waals surface area contributed by atoms with E-state index in [-0.39, 0.29) is 5.60 Å². The molecule has 0 amide bonds. The van der Waals surface area contributed by atoms with Crippen LogP contribution in [0.5, 0.6) is 5.75 Å². The number of benzene rings is 1. The Hall–Kier alpha value is -0.250. The summed E-state index contributed by atoms with van der Waals surface area (Å²) in [6, 6.07) is 5.61. The first-order valence-electron chi connectivity index (χ1n) is 5.53. The third-order valence-corrected chi connectivity index (χ3v) is 2.88. The Morgan fingerprint density at radius 2 is 1.94 bits per heavy atom. The molecule has 0 bridgehead atoms. The van der Waals surface area contributed by atoms with Gasteiger partial charge < -0.3 is 9.47 Å². The molecule has 0 fully saturated rings. The summed E-state index contributed by atoms with van der Waals surface area (Å²) in [7, 11) is 0. The van der Waals surface area contributed by atoms with Crippen LogP contribution in [0.15, 0.2) is 18.2 Å². The second-order valence-electron chi connectivity index (χ2n) is 4.69. The van der Waals surface area contributed by atoms with Crippen LogP contribution in [0.3, 0.4) is 0 Å². The summed E-state index contributed by atoms with van der Waals surface area (Å²) < 4.78 is 11.3. The first-order valence-corrected chi connectivity index (χ1v) is 7.03. The van der Waals surface area contributed by atoms with Gasteiger partial charge in [0.2, 0.25) is 0 Å². The molecule has 96 valence electrons. The van der Waals surface area contributed by atoms with Gasteiger partial charge in [0.1, 0.15) is 12.4 Å². The van der Waals surface area contributed by atoms with Crippen LogP contribution in [0, 0.1) is 0 Å². The van der Waals surface area contributed by atoms with Crippen molar-refractivity contribution in [3.05, 3.63) is 28.8 Å². The van der Waals surface area contributed by atoms with Crippen LogP contribution in [-0.4, -0.2) is 18.8 Å². The highest BCUT2D eigenvalue weighted by atomic mass is 79.9. The zero-order valence-corrected chi connectivity index (χ0v) is 12.8. The van der Waals surface area contributed by atoms with E-state index in [0.717, 1.165) is 21.7 Å². The van der Waals surface area contributed by atoms with Crippen molar-refractivity contribution in [3.63, 3.8) is 0 Å². The third-order valence-electron chi connectivity index (χ3n) is 2.04. The van der Waals surface area contributed by atoms with Crippen molar-refractivity contribution in [2.24, 2.45) is 0 Å². The second kappa shape index (κ2) is 6.62. The van der Waals surface area contributed by atoms with Crippen LogP contribution in [0.4, 0.5) is 0 Å². The minimum absolute atomic E-state index is 0.123. The van der Waals surface area contributed by atoms with Crippen molar-refractivity contribution in [2.45, 2.75) is 31.7 Å². The molecule has 4 heteroatoms. The maximum atomic E-state index is 5.92. The summed E-state index contributed by atoms with van der Waals surface area (Å²) in [4.78, 5) is 0. The Morgan fingerprint density at radius 3 is 2.53 bits per heavy atom. The summed E-state index contributed by atoms with van der Waals surface area (Å²) in [5.41, 5.74) is 0.926. The van der Waals surface area contributed by atoms with Gasteiger partial charge in [-0.05, 0) is 39.0 Å². The third kappa shape index (κ3) is 5.75. The average molecular weight is 322 g/mol. The Bertz CT molecular complexity index is 361. The highest BCUT2D eigenvalue weighted by Gasteiger charge is 2.10. The van der Waals surface area contributed by atoms with Crippen LogP contribution >= 0.6 is 27.5 Å². The number of halogens is 2.